The Morgan fingerprint density at radius 1 is 1.04 bits per heavy atom. The highest BCUT2D eigenvalue weighted by Crippen LogP contribution is 2.26. The standard InChI is InChI=1S/C20H20ClF2N3O.ClH/c21-17-2-1-3-18(23)20(17)19-12-16(27-24-19)13-25-8-10-26(11-9-25)15-6-4-14(22)5-7-15;/h1-7,16H,8-13H2;1H. The van der Waals surface area contributed by atoms with Gasteiger partial charge in [0.05, 0.1) is 16.3 Å². The van der Waals surface area contributed by atoms with Crippen LogP contribution in [0, 0.1) is 11.6 Å². The van der Waals surface area contributed by atoms with Gasteiger partial charge in [-0.3, -0.25) is 4.90 Å². The van der Waals surface area contributed by atoms with Gasteiger partial charge >= 0.3 is 0 Å². The Labute approximate surface area is 174 Å². The summed E-state index contributed by atoms with van der Waals surface area (Å²) in [5.74, 6) is -0.597. The van der Waals surface area contributed by atoms with E-state index in [4.69, 9.17) is 16.4 Å². The fraction of sp³-hybridized carbons (Fsp3) is 0.350. The number of anilines is 1. The summed E-state index contributed by atoms with van der Waals surface area (Å²) in [6.45, 7) is 4.23. The minimum atomic E-state index is -0.376. The van der Waals surface area contributed by atoms with Crippen LogP contribution in [0.5, 0.6) is 0 Å². The predicted molar refractivity (Wildman–Crippen MR) is 110 cm³/mol. The fourth-order valence-corrected chi connectivity index (χ4v) is 3.85. The zero-order valence-corrected chi connectivity index (χ0v) is 16.7. The average molecular weight is 428 g/mol. The molecule has 150 valence electrons. The number of benzene rings is 2. The smallest absolute Gasteiger partial charge is 0.145 e. The molecule has 2 aliphatic heterocycles. The van der Waals surface area contributed by atoms with Crippen LogP contribution in [0.3, 0.4) is 0 Å². The highest BCUT2D eigenvalue weighted by atomic mass is 35.5. The van der Waals surface area contributed by atoms with Crippen molar-refractivity contribution < 1.29 is 13.6 Å². The SMILES string of the molecule is Cl.Fc1ccc(N2CCN(CC3CC(c4c(F)cccc4Cl)=NO3)CC2)cc1. The molecule has 0 amide bonds. The maximum absolute atomic E-state index is 14.1. The molecule has 0 radical (unpaired) electrons. The first kappa shape index (κ1) is 20.8. The molecule has 0 bridgehead atoms. The molecule has 0 aromatic heterocycles. The van der Waals surface area contributed by atoms with Crippen LogP contribution in [0.4, 0.5) is 14.5 Å². The summed E-state index contributed by atoms with van der Waals surface area (Å²) in [5.41, 5.74) is 1.93. The van der Waals surface area contributed by atoms with Crippen molar-refractivity contribution in [3.8, 4) is 0 Å². The number of halogens is 4. The van der Waals surface area contributed by atoms with Gasteiger partial charge in [0.1, 0.15) is 17.7 Å². The number of hydrogen-bond donors (Lipinski definition) is 0. The van der Waals surface area contributed by atoms with Gasteiger partial charge < -0.3 is 9.74 Å². The van der Waals surface area contributed by atoms with Crippen LogP contribution in [0.25, 0.3) is 0 Å². The van der Waals surface area contributed by atoms with Crippen LogP contribution in [0.15, 0.2) is 47.6 Å². The van der Waals surface area contributed by atoms with Crippen molar-refractivity contribution in [2.45, 2.75) is 12.5 Å². The van der Waals surface area contributed by atoms with Gasteiger partial charge in [0.2, 0.25) is 0 Å². The molecule has 0 N–H and O–H groups in total. The Morgan fingerprint density at radius 3 is 2.43 bits per heavy atom. The van der Waals surface area contributed by atoms with Crippen LogP contribution in [0.2, 0.25) is 5.02 Å². The molecule has 4 rings (SSSR count). The molecule has 8 heteroatoms. The Bertz CT molecular complexity index is 820. The van der Waals surface area contributed by atoms with Crippen molar-refractivity contribution in [2.75, 3.05) is 37.6 Å². The Morgan fingerprint density at radius 2 is 1.75 bits per heavy atom. The van der Waals surface area contributed by atoms with Gasteiger partial charge in [-0.2, -0.15) is 0 Å². The third-order valence-corrected chi connectivity index (χ3v) is 5.33. The molecule has 4 nitrogen and oxygen atoms in total. The topological polar surface area (TPSA) is 28.1 Å². The second-order valence-electron chi connectivity index (χ2n) is 6.83. The van der Waals surface area contributed by atoms with Gasteiger partial charge in [0.15, 0.2) is 0 Å². The summed E-state index contributed by atoms with van der Waals surface area (Å²) in [6.07, 6.45) is 0.437. The van der Waals surface area contributed by atoms with Gasteiger partial charge in [0, 0.05) is 44.8 Å². The lowest BCUT2D eigenvalue weighted by molar-refractivity contribution is 0.0510. The zero-order chi connectivity index (χ0) is 18.8. The van der Waals surface area contributed by atoms with E-state index in [1.54, 1.807) is 12.1 Å². The third kappa shape index (κ3) is 4.57. The lowest BCUT2D eigenvalue weighted by atomic mass is 10.0. The Kier molecular flexibility index (Phi) is 6.75. The summed E-state index contributed by atoms with van der Waals surface area (Å²) in [7, 11) is 0. The minimum absolute atomic E-state index is 0. The van der Waals surface area contributed by atoms with Crippen molar-refractivity contribution >= 4 is 35.4 Å². The minimum Gasteiger partial charge on any atom is -0.390 e. The highest BCUT2D eigenvalue weighted by molar-refractivity contribution is 6.34. The summed E-state index contributed by atoms with van der Waals surface area (Å²) >= 11 is 6.12. The number of rotatable bonds is 4. The molecule has 1 fully saturated rings. The summed E-state index contributed by atoms with van der Waals surface area (Å²) < 4.78 is 27.1. The first-order valence-electron chi connectivity index (χ1n) is 9.00. The molecule has 1 unspecified atom stereocenters. The van der Waals surface area contributed by atoms with Crippen molar-refractivity contribution in [3.63, 3.8) is 0 Å². The Balaban J connectivity index is 0.00000225. The normalized spacial score (nSPS) is 19.8. The molecule has 2 heterocycles. The first-order chi connectivity index (χ1) is 13.1. The van der Waals surface area contributed by atoms with Crippen LogP contribution >= 0.6 is 24.0 Å². The van der Waals surface area contributed by atoms with Crippen molar-refractivity contribution in [3.05, 3.63) is 64.7 Å². The molecule has 2 aromatic rings. The van der Waals surface area contributed by atoms with Crippen LogP contribution < -0.4 is 4.90 Å². The summed E-state index contributed by atoms with van der Waals surface area (Å²) in [5, 5.41) is 4.42. The molecule has 1 saturated heterocycles. The van der Waals surface area contributed by atoms with Crippen LogP contribution in [-0.2, 0) is 4.84 Å². The van der Waals surface area contributed by atoms with E-state index in [1.165, 1.54) is 18.2 Å². The maximum atomic E-state index is 14.1. The first-order valence-corrected chi connectivity index (χ1v) is 9.38. The van der Waals surface area contributed by atoms with Gasteiger partial charge in [-0.1, -0.05) is 22.8 Å². The van der Waals surface area contributed by atoms with Crippen LogP contribution in [-0.4, -0.2) is 49.4 Å². The maximum Gasteiger partial charge on any atom is 0.145 e. The van der Waals surface area contributed by atoms with E-state index >= 15 is 0 Å². The number of hydrogen-bond acceptors (Lipinski definition) is 4. The molecule has 2 aliphatic rings. The molecular formula is C20H21Cl2F2N3O. The second kappa shape index (κ2) is 9.07. The lowest BCUT2D eigenvalue weighted by Crippen LogP contribution is -2.48. The molecular weight excluding hydrogens is 407 g/mol. The van der Waals surface area contributed by atoms with E-state index in [-0.39, 0.29) is 30.1 Å². The van der Waals surface area contributed by atoms with E-state index in [9.17, 15) is 8.78 Å². The largest absolute Gasteiger partial charge is 0.390 e. The molecule has 1 atom stereocenters. The molecule has 0 spiro atoms. The molecule has 2 aromatic carbocycles. The van der Waals surface area contributed by atoms with E-state index < -0.39 is 0 Å². The summed E-state index contributed by atoms with van der Waals surface area (Å²) in [6, 6.07) is 11.2. The zero-order valence-electron chi connectivity index (χ0n) is 15.2. The second-order valence-corrected chi connectivity index (χ2v) is 7.24. The highest BCUT2D eigenvalue weighted by Gasteiger charge is 2.28. The average Bonchev–Trinajstić information content (AvgIpc) is 3.11. The Hall–Kier alpha value is -1.89. The van der Waals surface area contributed by atoms with Crippen molar-refractivity contribution in [1.82, 2.24) is 4.90 Å². The number of nitrogens with zero attached hydrogens (tertiary/aromatic N) is 3. The fourth-order valence-electron chi connectivity index (χ4n) is 3.58. The molecule has 0 saturated carbocycles. The van der Waals surface area contributed by atoms with Gasteiger partial charge in [0.25, 0.3) is 0 Å². The van der Waals surface area contributed by atoms with Crippen LogP contribution in [0.1, 0.15) is 12.0 Å². The van der Waals surface area contributed by atoms with E-state index in [1.807, 2.05) is 12.1 Å². The third-order valence-electron chi connectivity index (χ3n) is 5.01. The van der Waals surface area contributed by atoms with Gasteiger partial charge in [-0.25, -0.2) is 8.78 Å². The van der Waals surface area contributed by atoms with Crippen molar-refractivity contribution in [1.29, 1.82) is 0 Å². The number of oxime groups is 1. The van der Waals surface area contributed by atoms with E-state index in [0.29, 0.717) is 22.7 Å². The van der Waals surface area contributed by atoms with Crippen molar-refractivity contribution in [2.24, 2.45) is 5.16 Å². The predicted octanol–water partition coefficient (Wildman–Crippen LogP) is 4.36. The monoisotopic (exact) mass is 427 g/mol. The van der Waals surface area contributed by atoms with E-state index in [0.717, 1.165) is 38.4 Å². The number of piperazine rings is 1. The molecule has 28 heavy (non-hydrogen) atoms. The van der Waals surface area contributed by atoms with E-state index in [2.05, 4.69) is 15.0 Å². The summed E-state index contributed by atoms with van der Waals surface area (Å²) in [4.78, 5) is 10.1. The van der Waals surface area contributed by atoms with Gasteiger partial charge in [-0.15, -0.1) is 12.4 Å². The lowest BCUT2D eigenvalue weighted by Gasteiger charge is -2.36. The van der Waals surface area contributed by atoms with Gasteiger partial charge in [-0.05, 0) is 36.4 Å². The molecule has 0 aliphatic carbocycles. The quantitative estimate of drug-likeness (QED) is 0.725.